The van der Waals surface area contributed by atoms with E-state index in [4.69, 9.17) is 5.21 Å². The Labute approximate surface area is 112 Å². The molecule has 1 amide bonds. The fourth-order valence-electron chi connectivity index (χ4n) is 2.57. The van der Waals surface area contributed by atoms with Gasteiger partial charge in [-0.05, 0) is 19.4 Å². The first kappa shape index (κ1) is 13.6. The highest BCUT2D eigenvalue weighted by Gasteiger charge is 2.29. The van der Waals surface area contributed by atoms with Gasteiger partial charge in [-0.1, -0.05) is 12.1 Å². The standard InChI is InChI=1S/C13H20N4O2/c1-4-10-8-17(6-5-11(10)15-19)13(18)12-7-9(2)14-16(12)3/h7,10,19H,4-6,8H2,1-3H3. The zero-order valence-electron chi connectivity index (χ0n) is 11.6. The van der Waals surface area contributed by atoms with E-state index in [0.29, 0.717) is 25.2 Å². The van der Waals surface area contributed by atoms with Gasteiger partial charge in [-0.3, -0.25) is 9.48 Å². The SMILES string of the molecule is CCC1CN(C(=O)c2cc(C)nn2C)CCC1=NO. The van der Waals surface area contributed by atoms with Crippen molar-refractivity contribution in [2.45, 2.75) is 26.7 Å². The Kier molecular flexibility index (Phi) is 3.87. The van der Waals surface area contributed by atoms with E-state index in [1.807, 2.05) is 18.7 Å². The van der Waals surface area contributed by atoms with E-state index in [1.54, 1.807) is 17.8 Å². The van der Waals surface area contributed by atoms with Crippen molar-refractivity contribution < 1.29 is 10.0 Å². The highest BCUT2D eigenvalue weighted by atomic mass is 16.4. The van der Waals surface area contributed by atoms with Crippen molar-refractivity contribution in [3.63, 3.8) is 0 Å². The summed E-state index contributed by atoms with van der Waals surface area (Å²) < 4.78 is 1.62. The maximum Gasteiger partial charge on any atom is 0.272 e. The van der Waals surface area contributed by atoms with Gasteiger partial charge in [0.15, 0.2) is 0 Å². The molecule has 104 valence electrons. The lowest BCUT2D eigenvalue weighted by molar-refractivity contribution is 0.0718. The minimum atomic E-state index is -0.00135. The largest absolute Gasteiger partial charge is 0.411 e. The number of amides is 1. The second-order valence-corrected chi connectivity index (χ2v) is 4.99. The van der Waals surface area contributed by atoms with E-state index in [0.717, 1.165) is 17.8 Å². The fourth-order valence-corrected chi connectivity index (χ4v) is 2.57. The summed E-state index contributed by atoms with van der Waals surface area (Å²) in [4.78, 5) is 14.3. The summed E-state index contributed by atoms with van der Waals surface area (Å²) in [6.07, 6.45) is 1.51. The third-order valence-electron chi connectivity index (χ3n) is 3.68. The first-order valence-corrected chi connectivity index (χ1v) is 6.57. The van der Waals surface area contributed by atoms with E-state index in [1.165, 1.54) is 0 Å². The zero-order chi connectivity index (χ0) is 14.0. The Morgan fingerprint density at radius 3 is 2.89 bits per heavy atom. The van der Waals surface area contributed by atoms with Crippen molar-refractivity contribution in [2.24, 2.45) is 18.1 Å². The number of rotatable bonds is 2. The molecular formula is C13H20N4O2. The molecule has 2 rings (SSSR count). The van der Waals surface area contributed by atoms with Gasteiger partial charge in [0.1, 0.15) is 5.69 Å². The van der Waals surface area contributed by atoms with Gasteiger partial charge < -0.3 is 10.1 Å². The van der Waals surface area contributed by atoms with Gasteiger partial charge in [0.05, 0.1) is 11.4 Å². The number of aromatic nitrogens is 2. The number of hydrogen-bond acceptors (Lipinski definition) is 4. The number of carbonyl (C=O) groups excluding carboxylic acids is 1. The molecule has 1 aromatic heterocycles. The lowest BCUT2D eigenvalue weighted by Crippen LogP contribution is -2.44. The van der Waals surface area contributed by atoms with Crippen LogP contribution in [0.25, 0.3) is 0 Å². The lowest BCUT2D eigenvalue weighted by Gasteiger charge is -2.32. The Bertz CT molecular complexity index is 507. The van der Waals surface area contributed by atoms with Crippen LogP contribution in [-0.4, -0.2) is 44.6 Å². The number of carbonyl (C=O) groups is 1. The van der Waals surface area contributed by atoms with Crippen LogP contribution in [-0.2, 0) is 7.05 Å². The Balaban J connectivity index is 2.15. The summed E-state index contributed by atoms with van der Waals surface area (Å²) in [7, 11) is 1.78. The molecule has 0 bridgehead atoms. The van der Waals surface area contributed by atoms with Gasteiger partial charge in [-0.25, -0.2) is 0 Å². The predicted molar refractivity (Wildman–Crippen MR) is 71.5 cm³/mol. The average molecular weight is 264 g/mol. The first-order chi connectivity index (χ1) is 9.06. The van der Waals surface area contributed by atoms with Gasteiger partial charge >= 0.3 is 0 Å². The minimum absolute atomic E-state index is 0.00135. The second-order valence-electron chi connectivity index (χ2n) is 4.99. The molecule has 1 N–H and O–H groups in total. The molecule has 1 unspecified atom stereocenters. The highest BCUT2D eigenvalue weighted by molar-refractivity contribution is 5.95. The van der Waals surface area contributed by atoms with Gasteiger partial charge in [0.2, 0.25) is 0 Å². The highest BCUT2D eigenvalue weighted by Crippen LogP contribution is 2.19. The first-order valence-electron chi connectivity index (χ1n) is 6.57. The second kappa shape index (κ2) is 5.42. The topological polar surface area (TPSA) is 70.7 Å². The summed E-state index contributed by atoms with van der Waals surface area (Å²) in [6, 6.07) is 1.80. The molecule has 0 saturated carbocycles. The van der Waals surface area contributed by atoms with Crippen molar-refractivity contribution in [2.75, 3.05) is 13.1 Å². The normalized spacial score (nSPS) is 21.9. The van der Waals surface area contributed by atoms with Crippen LogP contribution >= 0.6 is 0 Å². The third kappa shape index (κ3) is 2.62. The number of piperidine rings is 1. The van der Waals surface area contributed by atoms with E-state index in [-0.39, 0.29) is 11.8 Å². The molecule has 0 aliphatic carbocycles. The van der Waals surface area contributed by atoms with E-state index in [9.17, 15) is 4.79 Å². The molecule has 2 heterocycles. The molecule has 19 heavy (non-hydrogen) atoms. The van der Waals surface area contributed by atoms with Crippen LogP contribution in [0.2, 0.25) is 0 Å². The van der Waals surface area contributed by atoms with Gasteiger partial charge in [0, 0.05) is 32.5 Å². The van der Waals surface area contributed by atoms with Crippen LogP contribution in [0.4, 0.5) is 0 Å². The molecule has 1 atom stereocenters. The van der Waals surface area contributed by atoms with Gasteiger partial charge in [-0.15, -0.1) is 0 Å². The van der Waals surface area contributed by atoms with Crippen LogP contribution < -0.4 is 0 Å². The zero-order valence-corrected chi connectivity index (χ0v) is 11.6. The van der Waals surface area contributed by atoms with Crippen LogP contribution in [0.5, 0.6) is 0 Å². The van der Waals surface area contributed by atoms with Crippen molar-refractivity contribution in [3.05, 3.63) is 17.5 Å². The Hall–Kier alpha value is -1.85. The van der Waals surface area contributed by atoms with Crippen molar-refractivity contribution in [3.8, 4) is 0 Å². The minimum Gasteiger partial charge on any atom is -0.411 e. The molecule has 1 aromatic rings. The molecule has 0 spiro atoms. The molecule has 1 saturated heterocycles. The molecule has 1 aliphatic heterocycles. The molecule has 0 radical (unpaired) electrons. The fraction of sp³-hybridized carbons (Fsp3) is 0.615. The predicted octanol–water partition coefficient (Wildman–Crippen LogP) is 1.43. The van der Waals surface area contributed by atoms with Gasteiger partial charge in [-0.2, -0.15) is 5.10 Å². The Morgan fingerprint density at radius 1 is 1.63 bits per heavy atom. The summed E-state index contributed by atoms with van der Waals surface area (Å²) in [5, 5.41) is 16.5. The molecular weight excluding hydrogens is 244 g/mol. The average Bonchev–Trinajstić information content (AvgIpc) is 2.76. The Morgan fingerprint density at radius 2 is 2.37 bits per heavy atom. The van der Waals surface area contributed by atoms with E-state index < -0.39 is 0 Å². The molecule has 1 fully saturated rings. The smallest absolute Gasteiger partial charge is 0.272 e. The maximum atomic E-state index is 12.5. The van der Waals surface area contributed by atoms with Crippen molar-refractivity contribution in [1.82, 2.24) is 14.7 Å². The van der Waals surface area contributed by atoms with E-state index >= 15 is 0 Å². The van der Waals surface area contributed by atoms with E-state index in [2.05, 4.69) is 10.3 Å². The summed E-state index contributed by atoms with van der Waals surface area (Å²) in [5.74, 6) is 0.149. The summed E-state index contributed by atoms with van der Waals surface area (Å²) >= 11 is 0. The molecule has 6 heteroatoms. The molecule has 6 nitrogen and oxygen atoms in total. The number of nitrogens with zero attached hydrogens (tertiary/aromatic N) is 4. The number of aryl methyl sites for hydroxylation is 2. The monoisotopic (exact) mass is 264 g/mol. The van der Waals surface area contributed by atoms with Crippen molar-refractivity contribution >= 4 is 11.6 Å². The number of oxime groups is 1. The molecule has 0 aromatic carbocycles. The van der Waals surface area contributed by atoms with Gasteiger partial charge in [0.25, 0.3) is 5.91 Å². The summed E-state index contributed by atoms with van der Waals surface area (Å²) in [5.41, 5.74) is 2.25. The quantitative estimate of drug-likeness (QED) is 0.649. The summed E-state index contributed by atoms with van der Waals surface area (Å²) in [6.45, 7) is 5.12. The third-order valence-corrected chi connectivity index (χ3v) is 3.68. The molecule has 1 aliphatic rings. The van der Waals surface area contributed by atoms with Crippen molar-refractivity contribution in [1.29, 1.82) is 0 Å². The maximum absolute atomic E-state index is 12.5. The van der Waals surface area contributed by atoms with Crippen LogP contribution in [0.15, 0.2) is 11.2 Å². The lowest BCUT2D eigenvalue weighted by atomic mass is 9.93. The number of likely N-dealkylation sites (tertiary alicyclic amines) is 1. The number of hydrogen-bond donors (Lipinski definition) is 1. The van der Waals surface area contributed by atoms with Crippen LogP contribution in [0, 0.1) is 12.8 Å². The van der Waals surface area contributed by atoms with Crippen LogP contribution in [0.1, 0.15) is 35.9 Å². The van der Waals surface area contributed by atoms with Crippen LogP contribution in [0.3, 0.4) is 0 Å².